The van der Waals surface area contributed by atoms with Gasteiger partial charge in [-0.25, -0.2) is 4.79 Å². The van der Waals surface area contributed by atoms with Crippen molar-refractivity contribution in [3.05, 3.63) is 65.7 Å². The van der Waals surface area contributed by atoms with Crippen LogP contribution in [0.3, 0.4) is 0 Å². The molecule has 198 valence electrons. The van der Waals surface area contributed by atoms with E-state index in [2.05, 4.69) is 17.6 Å². The lowest BCUT2D eigenvalue weighted by atomic mass is 9.93. The van der Waals surface area contributed by atoms with Crippen LogP contribution in [0.15, 0.2) is 54.6 Å². The molecule has 0 saturated heterocycles. The first kappa shape index (κ1) is 29.2. The maximum absolute atomic E-state index is 12.5. The molecule has 7 heteroatoms. The molecule has 36 heavy (non-hydrogen) atoms. The van der Waals surface area contributed by atoms with Crippen LogP contribution in [-0.2, 0) is 22.6 Å². The Labute approximate surface area is 215 Å². The van der Waals surface area contributed by atoms with Gasteiger partial charge < -0.3 is 25.2 Å². The quantitative estimate of drug-likeness (QED) is 0.338. The van der Waals surface area contributed by atoms with Gasteiger partial charge in [0.05, 0.1) is 12.1 Å². The Kier molecular flexibility index (Phi) is 11.7. The Morgan fingerprint density at radius 2 is 1.72 bits per heavy atom. The van der Waals surface area contributed by atoms with E-state index in [9.17, 15) is 14.7 Å². The van der Waals surface area contributed by atoms with E-state index in [1.54, 1.807) is 27.7 Å². The molecule has 0 unspecified atom stereocenters. The average molecular weight is 499 g/mol. The molecule has 0 aliphatic heterocycles. The summed E-state index contributed by atoms with van der Waals surface area (Å²) in [5.41, 5.74) is 1.28. The molecule has 0 radical (unpaired) electrons. The summed E-state index contributed by atoms with van der Waals surface area (Å²) in [6.07, 6.45) is 0.914. The molecule has 2 aromatic rings. The number of amides is 2. The summed E-state index contributed by atoms with van der Waals surface area (Å²) in [4.78, 5) is 25.0. The van der Waals surface area contributed by atoms with Gasteiger partial charge in [0.25, 0.3) is 0 Å². The first-order valence-corrected chi connectivity index (χ1v) is 12.8. The Morgan fingerprint density at radius 1 is 1.03 bits per heavy atom. The van der Waals surface area contributed by atoms with Crippen molar-refractivity contribution in [3.63, 3.8) is 0 Å². The van der Waals surface area contributed by atoms with Crippen molar-refractivity contribution in [3.8, 4) is 5.75 Å². The van der Waals surface area contributed by atoms with E-state index in [1.807, 2.05) is 54.6 Å². The third-order valence-electron chi connectivity index (χ3n) is 5.64. The number of hydrogen-bond donors (Lipinski definition) is 3. The normalized spacial score (nSPS) is 13.8. The average Bonchev–Trinajstić information content (AvgIpc) is 2.82. The number of aliphatic hydroxyl groups is 1. The standard InChI is InChI=1S/C29H42N2O5/c1-6-7-16-30-27(33)21(2)17-26(32)25(31-28(34)36-29(3,4)5)19-23-14-11-15-24(18-23)35-20-22-12-9-8-10-13-22/h8-15,18,21,25-26,32H,6-7,16-17,19-20H2,1-5H3,(H,30,33)(H,31,34)/t21-,25-,26+/m0/s1. The van der Waals surface area contributed by atoms with Crippen LogP contribution in [0.2, 0.25) is 0 Å². The Bertz CT molecular complexity index is 942. The van der Waals surface area contributed by atoms with E-state index in [4.69, 9.17) is 9.47 Å². The van der Waals surface area contributed by atoms with Gasteiger partial charge in [-0.3, -0.25) is 4.79 Å². The van der Waals surface area contributed by atoms with Gasteiger partial charge in [0, 0.05) is 12.5 Å². The summed E-state index contributed by atoms with van der Waals surface area (Å²) in [7, 11) is 0. The van der Waals surface area contributed by atoms with Crippen LogP contribution in [0.1, 0.15) is 65.0 Å². The minimum absolute atomic E-state index is 0.102. The maximum Gasteiger partial charge on any atom is 0.407 e. The zero-order valence-corrected chi connectivity index (χ0v) is 22.3. The van der Waals surface area contributed by atoms with Crippen molar-refractivity contribution >= 4 is 12.0 Å². The number of nitrogens with one attached hydrogen (secondary N) is 2. The van der Waals surface area contributed by atoms with E-state index in [0.29, 0.717) is 25.3 Å². The van der Waals surface area contributed by atoms with Gasteiger partial charge in [-0.05, 0) is 63.3 Å². The first-order chi connectivity index (χ1) is 17.1. The van der Waals surface area contributed by atoms with E-state index in [1.165, 1.54) is 0 Å². The molecule has 2 amide bonds. The highest BCUT2D eigenvalue weighted by atomic mass is 16.6. The zero-order chi connectivity index (χ0) is 26.6. The minimum Gasteiger partial charge on any atom is -0.489 e. The van der Waals surface area contributed by atoms with Gasteiger partial charge in [-0.2, -0.15) is 0 Å². The lowest BCUT2D eigenvalue weighted by Crippen LogP contribution is -2.48. The van der Waals surface area contributed by atoms with E-state index < -0.39 is 29.8 Å². The fourth-order valence-electron chi connectivity index (χ4n) is 3.70. The molecular weight excluding hydrogens is 456 g/mol. The van der Waals surface area contributed by atoms with Crippen LogP contribution in [0.25, 0.3) is 0 Å². The van der Waals surface area contributed by atoms with Crippen molar-refractivity contribution in [1.82, 2.24) is 10.6 Å². The van der Waals surface area contributed by atoms with Crippen molar-refractivity contribution in [2.45, 2.75) is 84.7 Å². The Hall–Kier alpha value is -3.06. The number of alkyl carbamates (subject to hydrolysis) is 1. The molecule has 0 bridgehead atoms. The second kappa shape index (κ2) is 14.5. The molecule has 0 heterocycles. The van der Waals surface area contributed by atoms with Crippen molar-refractivity contribution in [1.29, 1.82) is 0 Å². The molecule has 0 spiro atoms. The predicted octanol–water partition coefficient (Wildman–Crippen LogP) is 5.00. The highest BCUT2D eigenvalue weighted by Crippen LogP contribution is 2.20. The predicted molar refractivity (Wildman–Crippen MR) is 142 cm³/mol. The largest absolute Gasteiger partial charge is 0.489 e. The number of carbonyl (C=O) groups excluding carboxylic acids is 2. The van der Waals surface area contributed by atoms with Gasteiger partial charge >= 0.3 is 6.09 Å². The number of benzene rings is 2. The smallest absolute Gasteiger partial charge is 0.407 e. The van der Waals surface area contributed by atoms with E-state index >= 15 is 0 Å². The number of rotatable bonds is 13. The topological polar surface area (TPSA) is 96.9 Å². The monoisotopic (exact) mass is 498 g/mol. The molecule has 0 saturated carbocycles. The molecule has 2 aromatic carbocycles. The lowest BCUT2D eigenvalue weighted by molar-refractivity contribution is -0.125. The second-order valence-corrected chi connectivity index (χ2v) is 10.2. The first-order valence-electron chi connectivity index (χ1n) is 12.8. The highest BCUT2D eigenvalue weighted by Gasteiger charge is 2.28. The van der Waals surface area contributed by atoms with Gasteiger partial charge in [-0.1, -0.05) is 62.7 Å². The number of ether oxygens (including phenoxy) is 2. The molecular formula is C29H42N2O5. The molecule has 3 atom stereocenters. The number of hydrogen-bond acceptors (Lipinski definition) is 5. The summed E-state index contributed by atoms with van der Waals surface area (Å²) in [6.45, 7) is 10.3. The highest BCUT2D eigenvalue weighted by molar-refractivity contribution is 5.78. The summed E-state index contributed by atoms with van der Waals surface area (Å²) in [5.74, 6) is 0.195. The van der Waals surface area contributed by atoms with Crippen molar-refractivity contribution < 1.29 is 24.2 Å². The van der Waals surface area contributed by atoms with E-state index in [0.717, 1.165) is 24.0 Å². The third kappa shape index (κ3) is 11.1. The van der Waals surface area contributed by atoms with Crippen molar-refractivity contribution in [2.24, 2.45) is 5.92 Å². The van der Waals surface area contributed by atoms with Crippen LogP contribution >= 0.6 is 0 Å². The Balaban J connectivity index is 2.08. The second-order valence-electron chi connectivity index (χ2n) is 10.2. The summed E-state index contributed by atoms with van der Waals surface area (Å²) < 4.78 is 11.4. The van der Waals surface area contributed by atoms with Crippen molar-refractivity contribution in [2.75, 3.05) is 6.54 Å². The Morgan fingerprint density at radius 3 is 2.39 bits per heavy atom. The number of aliphatic hydroxyl groups excluding tert-OH is 1. The third-order valence-corrected chi connectivity index (χ3v) is 5.64. The molecule has 2 rings (SSSR count). The van der Waals surface area contributed by atoms with Crippen LogP contribution in [0, 0.1) is 5.92 Å². The zero-order valence-electron chi connectivity index (χ0n) is 22.3. The van der Waals surface area contributed by atoms with Crippen LogP contribution in [0.5, 0.6) is 5.75 Å². The molecule has 0 aromatic heterocycles. The SMILES string of the molecule is CCCCNC(=O)[C@@H](C)C[C@@H](O)[C@H](Cc1cccc(OCc2ccccc2)c1)NC(=O)OC(C)(C)C. The summed E-state index contributed by atoms with van der Waals surface area (Å²) in [5, 5.41) is 16.8. The summed E-state index contributed by atoms with van der Waals surface area (Å²) in [6, 6.07) is 16.8. The van der Waals surface area contributed by atoms with Crippen LogP contribution in [0.4, 0.5) is 4.79 Å². The summed E-state index contributed by atoms with van der Waals surface area (Å²) >= 11 is 0. The van der Waals surface area contributed by atoms with E-state index in [-0.39, 0.29) is 12.3 Å². The minimum atomic E-state index is -0.946. The lowest BCUT2D eigenvalue weighted by Gasteiger charge is -2.28. The number of carbonyl (C=O) groups is 2. The van der Waals surface area contributed by atoms with Gasteiger partial charge in [0.15, 0.2) is 0 Å². The fourth-order valence-corrected chi connectivity index (χ4v) is 3.70. The van der Waals surface area contributed by atoms with Crippen LogP contribution in [-0.4, -0.2) is 41.4 Å². The van der Waals surface area contributed by atoms with Gasteiger partial charge in [0.1, 0.15) is 18.0 Å². The molecule has 0 fully saturated rings. The van der Waals surface area contributed by atoms with Gasteiger partial charge in [-0.15, -0.1) is 0 Å². The molecule has 7 nitrogen and oxygen atoms in total. The fraction of sp³-hybridized carbons (Fsp3) is 0.517. The molecule has 3 N–H and O–H groups in total. The van der Waals surface area contributed by atoms with Gasteiger partial charge in [0.2, 0.25) is 5.91 Å². The maximum atomic E-state index is 12.5. The molecule has 0 aliphatic carbocycles. The number of unbranched alkanes of at least 4 members (excludes halogenated alkanes) is 1. The van der Waals surface area contributed by atoms with Crippen LogP contribution < -0.4 is 15.4 Å². The molecule has 0 aliphatic rings.